The Labute approximate surface area is 103 Å². The molecule has 3 heteroatoms. The van der Waals surface area contributed by atoms with Gasteiger partial charge < -0.3 is 10.0 Å². The van der Waals surface area contributed by atoms with E-state index in [-0.39, 0.29) is 17.6 Å². The Kier molecular flexibility index (Phi) is 3.23. The minimum atomic E-state index is -0.381. The molecular weight excluding hydrogens is 212 g/mol. The molecule has 0 saturated carbocycles. The molecule has 0 bridgehead atoms. The van der Waals surface area contributed by atoms with Gasteiger partial charge in [-0.1, -0.05) is 6.07 Å². The fraction of sp³-hybridized carbons (Fsp3) is 0.643. The molecule has 0 amide bonds. The van der Waals surface area contributed by atoms with Crippen LogP contribution < -0.4 is 0 Å². The van der Waals surface area contributed by atoms with Gasteiger partial charge in [-0.3, -0.25) is 4.98 Å². The molecule has 0 aromatic carbocycles. The summed E-state index contributed by atoms with van der Waals surface area (Å²) in [5, 5.41) is 10.6. The fourth-order valence-corrected chi connectivity index (χ4v) is 2.51. The van der Waals surface area contributed by atoms with Crippen LogP contribution in [0.4, 0.5) is 0 Å². The molecule has 0 radical (unpaired) electrons. The van der Waals surface area contributed by atoms with E-state index in [1.807, 2.05) is 26.4 Å². The quantitative estimate of drug-likeness (QED) is 0.866. The Hall–Kier alpha value is -0.930. The Morgan fingerprint density at radius 3 is 2.82 bits per heavy atom. The van der Waals surface area contributed by atoms with E-state index in [4.69, 9.17) is 0 Å². The lowest BCUT2D eigenvalue weighted by atomic mass is 9.84. The average molecular weight is 234 g/mol. The zero-order valence-corrected chi connectivity index (χ0v) is 11.1. The Morgan fingerprint density at radius 2 is 2.18 bits per heavy atom. The van der Waals surface area contributed by atoms with Crippen LogP contribution in [-0.2, 0) is 6.42 Å². The summed E-state index contributed by atoms with van der Waals surface area (Å²) in [6, 6.07) is 4.10. The smallest absolute Gasteiger partial charge is 0.0801 e. The molecule has 17 heavy (non-hydrogen) atoms. The van der Waals surface area contributed by atoms with Gasteiger partial charge in [0, 0.05) is 23.3 Å². The molecule has 0 spiro atoms. The van der Waals surface area contributed by atoms with Gasteiger partial charge >= 0.3 is 0 Å². The van der Waals surface area contributed by atoms with Gasteiger partial charge in [-0.15, -0.1) is 0 Å². The summed E-state index contributed by atoms with van der Waals surface area (Å²) in [5.74, 6) is 0.170. The number of aliphatic hydroxyl groups is 1. The van der Waals surface area contributed by atoms with Crippen molar-refractivity contribution in [2.24, 2.45) is 0 Å². The van der Waals surface area contributed by atoms with Gasteiger partial charge in [-0.25, -0.2) is 0 Å². The largest absolute Gasteiger partial charge is 0.391 e. The zero-order chi connectivity index (χ0) is 12.6. The summed E-state index contributed by atoms with van der Waals surface area (Å²) in [6.45, 7) is 4.16. The molecule has 1 aliphatic carbocycles. The number of hydrogen-bond donors (Lipinski definition) is 1. The predicted octanol–water partition coefficient (Wildman–Crippen LogP) is 1.81. The summed E-state index contributed by atoms with van der Waals surface area (Å²) in [5.41, 5.74) is 2.16. The van der Waals surface area contributed by atoms with Crippen molar-refractivity contribution in [1.29, 1.82) is 0 Å². The third kappa shape index (κ3) is 2.09. The Balaban J connectivity index is 2.26. The number of pyridine rings is 1. The number of likely N-dealkylation sites (N-methyl/N-ethyl adjacent to an activating group) is 1. The van der Waals surface area contributed by atoms with Crippen molar-refractivity contribution in [3.8, 4) is 0 Å². The number of aliphatic hydroxyl groups excluding tert-OH is 1. The summed E-state index contributed by atoms with van der Waals surface area (Å²) in [4.78, 5) is 6.54. The number of fused-ring (bicyclic) bond motifs is 1. The molecule has 0 saturated heterocycles. The topological polar surface area (TPSA) is 36.4 Å². The summed E-state index contributed by atoms with van der Waals surface area (Å²) < 4.78 is 0. The second kappa shape index (κ2) is 4.39. The van der Waals surface area contributed by atoms with Crippen molar-refractivity contribution >= 4 is 0 Å². The van der Waals surface area contributed by atoms with Crippen LogP contribution in [-0.4, -0.2) is 40.7 Å². The van der Waals surface area contributed by atoms with E-state index in [1.54, 1.807) is 0 Å². The number of nitrogens with zero attached hydrogens (tertiary/aromatic N) is 2. The molecule has 2 atom stereocenters. The van der Waals surface area contributed by atoms with Crippen LogP contribution >= 0.6 is 0 Å². The molecule has 94 valence electrons. The van der Waals surface area contributed by atoms with E-state index in [9.17, 15) is 5.11 Å². The van der Waals surface area contributed by atoms with Crippen molar-refractivity contribution < 1.29 is 5.11 Å². The van der Waals surface area contributed by atoms with Gasteiger partial charge in [0.05, 0.1) is 6.10 Å². The van der Waals surface area contributed by atoms with Crippen LogP contribution in [0.25, 0.3) is 0 Å². The lowest BCUT2D eigenvalue weighted by Crippen LogP contribution is -2.50. The lowest BCUT2D eigenvalue weighted by molar-refractivity contribution is -0.000850. The maximum Gasteiger partial charge on any atom is 0.0801 e. The van der Waals surface area contributed by atoms with Crippen molar-refractivity contribution in [3.05, 3.63) is 29.6 Å². The van der Waals surface area contributed by atoms with Crippen LogP contribution in [0.5, 0.6) is 0 Å². The second-order valence-corrected chi connectivity index (χ2v) is 5.69. The Morgan fingerprint density at radius 1 is 1.47 bits per heavy atom. The van der Waals surface area contributed by atoms with E-state index in [2.05, 4.69) is 29.8 Å². The van der Waals surface area contributed by atoms with Crippen LogP contribution in [0.1, 0.15) is 37.4 Å². The summed E-state index contributed by atoms with van der Waals surface area (Å²) in [6.07, 6.45) is 3.49. The molecule has 1 aliphatic rings. The van der Waals surface area contributed by atoms with Crippen molar-refractivity contribution in [2.75, 3.05) is 14.1 Å². The average Bonchev–Trinajstić information content (AvgIpc) is 2.71. The number of rotatable bonds is 3. The normalized spacial score (nSPS) is 21.6. The first-order chi connectivity index (χ1) is 7.94. The van der Waals surface area contributed by atoms with E-state index in [0.29, 0.717) is 0 Å². The fourth-order valence-electron chi connectivity index (χ4n) is 2.51. The molecule has 1 heterocycles. The zero-order valence-electron chi connectivity index (χ0n) is 11.1. The highest BCUT2D eigenvalue weighted by molar-refractivity contribution is 5.30. The SMILES string of the molecule is CN(C)C(C)(C)C(O)C1CCc2cccnc21. The minimum Gasteiger partial charge on any atom is -0.391 e. The van der Waals surface area contributed by atoms with Gasteiger partial charge in [-0.2, -0.15) is 0 Å². The molecule has 3 nitrogen and oxygen atoms in total. The molecule has 1 N–H and O–H groups in total. The van der Waals surface area contributed by atoms with Crippen LogP contribution in [0.2, 0.25) is 0 Å². The van der Waals surface area contributed by atoms with Gasteiger partial charge in [0.15, 0.2) is 0 Å². The van der Waals surface area contributed by atoms with E-state index in [0.717, 1.165) is 18.5 Å². The van der Waals surface area contributed by atoms with Crippen molar-refractivity contribution in [1.82, 2.24) is 9.88 Å². The summed E-state index contributed by atoms with van der Waals surface area (Å²) in [7, 11) is 4.02. The van der Waals surface area contributed by atoms with E-state index in [1.165, 1.54) is 5.56 Å². The van der Waals surface area contributed by atoms with E-state index < -0.39 is 0 Å². The standard InChI is InChI=1S/C14H22N2O/c1-14(2,16(3)4)13(17)11-8-7-10-6-5-9-15-12(10)11/h5-6,9,11,13,17H,7-8H2,1-4H3. The monoisotopic (exact) mass is 234 g/mol. The third-order valence-electron chi connectivity index (χ3n) is 4.26. The second-order valence-electron chi connectivity index (χ2n) is 5.69. The van der Waals surface area contributed by atoms with Crippen molar-refractivity contribution in [2.45, 2.75) is 44.2 Å². The van der Waals surface area contributed by atoms with Gasteiger partial charge in [0.2, 0.25) is 0 Å². The lowest BCUT2D eigenvalue weighted by Gasteiger charge is -2.40. The van der Waals surface area contributed by atoms with E-state index >= 15 is 0 Å². The number of aromatic nitrogens is 1. The Bertz CT molecular complexity index is 401. The maximum absolute atomic E-state index is 10.6. The van der Waals surface area contributed by atoms with Crippen molar-refractivity contribution in [3.63, 3.8) is 0 Å². The van der Waals surface area contributed by atoms with Gasteiger partial charge in [0.25, 0.3) is 0 Å². The number of aryl methyl sites for hydroxylation is 1. The van der Waals surface area contributed by atoms with Crippen LogP contribution in [0.15, 0.2) is 18.3 Å². The molecule has 1 aromatic rings. The first-order valence-electron chi connectivity index (χ1n) is 6.24. The predicted molar refractivity (Wildman–Crippen MR) is 69.1 cm³/mol. The van der Waals surface area contributed by atoms with Crippen LogP contribution in [0, 0.1) is 0 Å². The van der Waals surface area contributed by atoms with Crippen LogP contribution in [0.3, 0.4) is 0 Å². The van der Waals surface area contributed by atoms with Gasteiger partial charge in [0.1, 0.15) is 0 Å². The molecule has 2 rings (SSSR count). The summed E-state index contributed by atoms with van der Waals surface area (Å²) >= 11 is 0. The highest BCUT2D eigenvalue weighted by Crippen LogP contribution is 2.38. The number of hydrogen-bond acceptors (Lipinski definition) is 3. The first kappa shape index (κ1) is 12.5. The minimum absolute atomic E-state index is 0.170. The third-order valence-corrected chi connectivity index (χ3v) is 4.26. The van der Waals surface area contributed by atoms with Gasteiger partial charge in [-0.05, 0) is 52.4 Å². The molecule has 0 aliphatic heterocycles. The molecule has 1 aromatic heterocycles. The first-order valence-corrected chi connectivity index (χ1v) is 6.24. The molecular formula is C14H22N2O. The highest BCUT2D eigenvalue weighted by atomic mass is 16.3. The molecule has 0 fully saturated rings. The highest BCUT2D eigenvalue weighted by Gasteiger charge is 2.40. The molecule has 2 unspecified atom stereocenters. The maximum atomic E-state index is 10.6.